The second-order valence-electron chi connectivity index (χ2n) is 7.96. The fourth-order valence-electron chi connectivity index (χ4n) is 3.76. The maximum atomic E-state index is 15.3. The van der Waals surface area contributed by atoms with Crippen LogP contribution in [0.5, 0.6) is 0 Å². The molecule has 1 aliphatic carbocycles. The van der Waals surface area contributed by atoms with Crippen molar-refractivity contribution in [3.63, 3.8) is 0 Å². The molecule has 0 aliphatic heterocycles. The fourth-order valence-corrected chi connectivity index (χ4v) is 6.87. The molecule has 3 aromatic rings. The quantitative estimate of drug-likeness (QED) is 0.378. The summed E-state index contributed by atoms with van der Waals surface area (Å²) >= 11 is 19.0. The summed E-state index contributed by atoms with van der Waals surface area (Å²) in [5.74, 6) is -0.572. The zero-order chi connectivity index (χ0) is 25.3. The van der Waals surface area contributed by atoms with E-state index in [9.17, 15) is 13.2 Å². The Labute approximate surface area is 220 Å². The van der Waals surface area contributed by atoms with Crippen molar-refractivity contribution in [2.45, 2.75) is 36.9 Å². The lowest BCUT2D eigenvalue weighted by atomic mass is 9.92. The number of aryl methyl sites for hydroxylation is 2. The molecule has 1 aliphatic rings. The highest BCUT2D eigenvalue weighted by Crippen LogP contribution is 2.34. The molecule has 1 aromatic carbocycles. The van der Waals surface area contributed by atoms with Gasteiger partial charge in [-0.3, -0.25) is 4.68 Å². The van der Waals surface area contributed by atoms with Crippen molar-refractivity contribution >= 4 is 67.8 Å². The molecular formula is C22H20Cl3FN4O3S2. The number of allylic oxidation sites excluding steroid dienone is 1. The van der Waals surface area contributed by atoms with Crippen LogP contribution in [0, 0.1) is 6.92 Å². The molecule has 186 valence electrons. The molecule has 2 aromatic heterocycles. The van der Waals surface area contributed by atoms with Gasteiger partial charge in [0, 0.05) is 15.6 Å². The SMILES string of the molecule is Cc1cc(S(=O)(=O)NC(=O)NCC(F)=C2CCCc3cnn(Cc4ccc(Cl)cc4Cl)c32)sc1Cl. The second-order valence-corrected chi connectivity index (χ2v) is 12.4. The number of halogens is 4. The summed E-state index contributed by atoms with van der Waals surface area (Å²) in [5.41, 5.74) is 3.30. The molecule has 0 saturated heterocycles. The van der Waals surface area contributed by atoms with Gasteiger partial charge in [0.15, 0.2) is 0 Å². The van der Waals surface area contributed by atoms with Crippen molar-refractivity contribution in [3.05, 3.63) is 73.1 Å². The Morgan fingerprint density at radius 3 is 2.69 bits per heavy atom. The van der Waals surface area contributed by atoms with E-state index in [1.807, 2.05) is 4.72 Å². The van der Waals surface area contributed by atoms with Crippen LogP contribution in [0.4, 0.5) is 9.18 Å². The molecule has 0 fully saturated rings. The van der Waals surface area contributed by atoms with Crippen LogP contribution in [0.15, 0.2) is 40.5 Å². The first kappa shape index (κ1) is 26.0. The lowest BCUT2D eigenvalue weighted by Crippen LogP contribution is -2.39. The van der Waals surface area contributed by atoms with Crippen LogP contribution in [0.1, 0.15) is 35.2 Å². The van der Waals surface area contributed by atoms with Crippen molar-refractivity contribution in [2.75, 3.05) is 6.54 Å². The van der Waals surface area contributed by atoms with Gasteiger partial charge in [0.25, 0.3) is 10.0 Å². The lowest BCUT2D eigenvalue weighted by molar-refractivity contribution is 0.246. The number of urea groups is 1. The van der Waals surface area contributed by atoms with Crippen LogP contribution in [-0.4, -0.2) is 30.8 Å². The lowest BCUT2D eigenvalue weighted by Gasteiger charge is -2.19. The number of thiophene rings is 1. The van der Waals surface area contributed by atoms with Gasteiger partial charge in [0.1, 0.15) is 10.0 Å². The van der Waals surface area contributed by atoms with Gasteiger partial charge in [0.2, 0.25) is 0 Å². The van der Waals surface area contributed by atoms with Crippen molar-refractivity contribution in [1.29, 1.82) is 0 Å². The molecule has 2 heterocycles. The standard InChI is InChI=1S/C22H20Cl3FN4O3S2/c1-12-7-19(34-21(12)25)35(32,33)29-22(31)27-10-18(26)16-4-2-3-13-9-28-30(20(13)16)11-14-5-6-15(23)8-17(14)24/h5-9H,2-4,10-11H2,1H3,(H2,27,29,31). The number of carbonyl (C=O) groups excluding carboxylic acids is 1. The number of fused-ring (bicyclic) bond motifs is 1. The van der Waals surface area contributed by atoms with Crippen LogP contribution in [0.3, 0.4) is 0 Å². The smallest absolute Gasteiger partial charge is 0.329 e. The first-order chi connectivity index (χ1) is 16.5. The van der Waals surface area contributed by atoms with E-state index in [0.717, 1.165) is 35.3 Å². The fraction of sp³-hybridized carbons (Fsp3) is 0.273. The van der Waals surface area contributed by atoms with Gasteiger partial charge in [-0.1, -0.05) is 40.9 Å². The molecule has 0 saturated carbocycles. The highest BCUT2D eigenvalue weighted by atomic mass is 35.5. The molecule has 4 rings (SSSR count). The minimum atomic E-state index is -4.12. The number of carbonyl (C=O) groups is 1. The van der Waals surface area contributed by atoms with Gasteiger partial charge in [-0.05, 0) is 61.1 Å². The largest absolute Gasteiger partial charge is 0.331 e. The summed E-state index contributed by atoms with van der Waals surface area (Å²) in [6.07, 6.45) is 3.62. The Morgan fingerprint density at radius 2 is 2.00 bits per heavy atom. The van der Waals surface area contributed by atoms with Crippen LogP contribution in [0.25, 0.3) is 5.57 Å². The van der Waals surface area contributed by atoms with E-state index >= 15 is 4.39 Å². The number of aromatic nitrogens is 2. The average molecular weight is 578 g/mol. The molecule has 13 heteroatoms. The normalized spacial score (nSPS) is 15.0. The van der Waals surface area contributed by atoms with Gasteiger partial charge >= 0.3 is 6.03 Å². The van der Waals surface area contributed by atoms with E-state index in [-0.39, 0.29) is 4.21 Å². The summed E-state index contributed by atoms with van der Waals surface area (Å²) in [5, 5.41) is 7.68. The molecule has 35 heavy (non-hydrogen) atoms. The Balaban J connectivity index is 1.50. The number of hydrogen-bond donors (Lipinski definition) is 2. The van der Waals surface area contributed by atoms with E-state index in [2.05, 4.69) is 10.4 Å². The number of sulfonamides is 1. The maximum Gasteiger partial charge on any atom is 0.329 e. The first-order valence-corrected chi connectivity index (χ1v) is 13.9. The molecule has 0 bridgehead atoms. The van der Waals surface area contributed by atoms with Gasteiger partial charge in [-0.15, -0.1) is 11.3 Å². The van der Waals surface area contributed by atoms with Crippen LogP contribution in [0.2, 0.25) is 14.4 Å². The summed E-state index contributed by atoms with van der Waals surface area (Å²) in [4.78, 5) is 12.2. The van der Waals surface area contributed by atoms with Gasteiger partial charge in [0.05, 0.1) is 29.3 Å². The molecule has 0 spiro atoms. The summed E-state index contributed by atoms with van der Waals surface area (Å²) in [6, 6.07) is 5.46. The maximum absolute atomic E-state index is 15.3. The highest BCUT2D eigenvalue weighted by Gasteiger charge is 2.25. The molecule has 2 N–H and O–H groups in total. The van der Waals surface area contributed by atoms with Crippen molar-refractivity contribution in [1.82, 2.24) is 19.8 Å². The van der Waals surface area contributed by atoms with Crippen molar-refractivity contribution < 1.29 is 17.6 Å². The Kier molecular flexibility index (Phi) is 7.77. The summed E-state index contributed by atoms with van der Waals surface area (Å²) < 4.78 is 43.8. The van der Waals surface area contributed by atoms with E-state index in [1.54, 1.807) is 36.0 Å². The van der Waals surface area contributed by atoms with E-state index in [4.69, 9.17) is 34.8 Å². The number of hydrogen-bond acceptors (Lipinski definition) is 5. The summed E-state index contributed by atoms with van der Waals surface area (Å²) in [6.45, 7) is 1.49. The topological polar surface area (TPSA) is 93.1 Å². The monoisotopic (exact) mass is 576 g/mol. The molecule has 7 nitrogen and oxygen atoms in total. The Morgan fingerprint density at radius 1 is 1.23 bits per heavy atom. The van der Waals surface area contributed by atoms with E-state index in [1.165, 1.54) is 6.07 Å². The Hall–Kier alpha value is -2.11. The third kappa shape index (κ3) is 5.83. The minimum absolute atomic E-state index is 0.101. The van der Waals surface area contributed by atoms with Crippen molar-refractivity contribution in [3.8, 4) is 0 Å². The zero-order valence-corrected chi connectivity index (χ0v) is 22.3. The van der Waals surface area contributed by atoms with Crippen molar-refractivity contribution in [2.24, 2.45) is 0 Å². The molecule has 0 atom stereocenters. The average Bonchev–Trinajstić information content (AvgIpc) is 3.37. The van der Waals surface area contributed by atoms with Crippen LogP contribution >= 0.6 is 46.1 Å². The number of rotatable bonds is 6. The predicted molar refractivity (Wildman–Crippen MR) is 137 cm³/mol. The number of benzene rings is 1. The highest BCUT2D eigenvalue weighted by molar-refractivity contribution is 7.92. The Bertz CT molecular complexity index is 1410. The molecule has 2 amide bonds. The number of amides is 2. The zero-order valence-electron chi connectivity index (χ0n) is 18.4. The predicted octanol–water partition coefficient (Wildman–Crippen LogP) is 5.97. The van der Waals surface area contributed by atoms with E-state index < -0.39 is 28.4 Å². The van der Waals surface area contributed by atoms with Gasteiger partial charge < -0.3 is 5.32 Å². The molecule has 0 radical (unpaired) electrons. The third-order valence-corrected chi connectivity index (χ3v) is 9.41. The molecule has 0 unspecified atom stereocenters. The third-order valence-electron chi connectivity index (χ3n) is 5.47. The number of nitrogens with one attached hydrogen (secondary N) is 2. The minimum Gasteiger partial charge on any atom is -0.331 e. The first-order valence-electron chi connectivity index (χ1n) is 10.5. The summed E-state index contributed by atoms with van der Waals surface area (Å²) in [7, 11) is -4.12. The molecular weight excluding hydrogens is 558 g/mol. The van der Waals surface area contributed by atoms with Gasteiger partial charge in [-0.25, -0.2) is 22.3 Å². The van der Waals surface area contributed by atoms with Crippen LogP contribution in [-0.2, 0) is 23.0 Å². The van der Waals surface area contributed by atoms with Gasteiger partial charge in [-0.2, -0.15) is 5.10 Å². The second kappa shape index (κ2) is 10.5. The van der Waals surface area contributed by atoms with E-state index in [0.29, 0.717) is 44.2 Å². The van der Waals surface area contributed by atoms with Crippen LogP contribution < -0.4 is 10.0 Å². The number of nitrogens with zero attached hydrogens (tertiary/aromatic N) is 2.